The molecule has 2 aliphatic rings. The van der Waals surface area contributed by atoms with Crippen LogP contribution in [0, 0.1) is 6.92 Å². The van der Waals surface area contributed by atoms with Gasteiger partial charge in [-0.2, -0.15) is 4.98 Å². The number of benzene rings is 1. The third-order valence-electron chi connectivity index (χ3n) is 5.92. The first-order chi connectivity index (χ1) is 13.5. The monoisotopic (exact) mass is 394 g/mol. The molecule has 0 radical (unpaired) electrons. The predicted octanol–water partition coefficient (Wildman–Crippen LogP) is 4.04. The van der Waals surface area contributed by atoms with Crippen molar-refractivity contribution in [2.45, 2.75) is 50.1 Å². The van der Waals surface area contributed by atoms with Crippen molar-refractivity contribution in [1.82, 2.24) is 10.1 Å². The van der Waals surface area contributed by atoms with Crippen molar-refractivity contribution in [2.75, 3.05) is 4.90 Å². The second-order valence-corrected chi connectivity index (χ2v) is 8.82. The molecular formula is C21H22N4O2S. The molecule has 6 nitrogen and oxygen atoms in total. The van der Waals surface area contributed by atoms with E-state index < -0.39 is 5.54 Å². The summed E-state index contributed by atoms with van der Waals surface area (Å²) in [6, 6.07) is 12.0. The fourth-order valence-electron chi connectivity index (χ4n) is 4.12. The second kappa shape index (κ2) is 6.53. The Labute approximate surface area is 167 Å². The van der Waals surface area contributed by atoms with Crippen LogP contribution in [-0.4, -0.2) is 16.0 Å². The lowest BCUT2D eigenvalue weighted by Gasteiger charge is -2.34. The minimum atomic E-state index is -0.473. The van der Waals surface area contributed by atoms with Crippen LogP contribution in [0.1, 0.15) is 59.8 Å². The molecule has 2 fully saturated rings. The van der Waals surface area contributed by atoms with Gasteiger partial charge in [-0.3, -0.25) is 4.79 Å². The van der Waals surface area contributed by atoms with Crippen LogP contribution < -0.4 is 10.6 Å². The minimum absolute atomic E-state index is 0.0677. The Morgan fingerprint density at radius 1 is 1.25 bits per heavy atom. The molecule has 0 spiro atoms. The molecule has 2 N–H and O–H groups in total. The van der Waals surface area contributed by atoms with Crippen LogP contribution in [0.25, 0.3) is 0 Å². The van der Waals surface area contributed by atoms with Gasteiger partial charge in [-0.25, -0.2) is 0 Å². The van der Waals surface area contributed by atoms with Gasteiger partial charge in [0.05, 0.1) is 17.5 Å². The number of aromatic nitrogens is 2. The summed E-state index contributed by atoms with van der Waals surface area (Å²) < 4.78 is 5.64. The van der Waals surface area contributed by atoms with Gasteiger partial charge < -0.3 is 15.2 Å². The zero-order valence-corrected chi connectivity index (χ0v) is 16.5. The molecule has 1 amide bonds. The number of nitrogens with two attached hydrogens (primary N) is 1. The van der Waals surface area contributed by atoms with Gasteiger partial charge >= 0.3 is 0 Å². The highest BCUT2D eigenvalue weighted by Gasteiger charge is 2.47. The van der Waals surface area contributed by atoms with Crippen molar-refractivity contribution in [3.8, 4) is 0 Å². The van der Waals surface area contributed by atoms with Gasteiger partial charge in [0, 0.05) is 17.0 Å². The number of thiophene rings is 1. The lowest BCUT2D eigenvalue weighted by Crippen LogP contribution is -2.44. The number of aryl methyl sites for hydroxylation is 1. The van der Waals surface area contributed by atoms with Gasteiger partial charge in [0.2, 0.25) is 11.8 Å². The fraction of sp³-hybridized carbons (Fsp3) is 0.381. The third kappa shape index (κ3) is 2.77. The maximum absolute atomic E-state index is 13.0. The molecule has 2 atom stereocenters. The van der Waals surface area contributed by atoms with E-state index >= 15 is 0 Å². The largest absolute Gasteiger partial charge is 0.339 e. The normalized spacial score (nSPS) is 23.8. The molecular weight excluding hydrogens is 372 g/mol. The van der Waals surface area contributed by atoms with Crippen LogP contribution >= 0.6 is 11.3 Å². The summed E-state index contributed by atoms with van der Waals surface area (Å²) >= 11 is 1.64. The highest BCUT2D eigenvalue weighted by atomic mass is 32.1. The van der Waals surface area contributed by atoms with Crippen LogP contribution in [0.15, 0.2) is 46.3 Å². The van der Waals surface area contributed by atoms with Crippen LogP contribution in [0.4, 0.5) is 5.69 Å². The zero-order chi connectivity index (χ0) is 19.3. The van der Waals surface area contributed by atoms with Gasteiger partial charge in [0.25, 0.3) is 0 Å². The van der Waals surface area contributed by atoms with Crippen molar-refractivity contribution < 1.29 is 9.32 Å². The lowest BCUT2D eigenvalue weighted by atomic mass is 9.77. The van der Waals surface area contributed by atoms with Crippen LogP contribution in [0.5, 0.6) is 0 Å². The number of hydrogen-bond acceptors (Lipinski definition) is 6. The third-order valence-corrected chi connectivity index (χ3v) is 6.86. The van der Waals surface area contributed by atoms with Crippen molar-refractivity contribution in [3.63, 3.8) is 0 Å². The zero-order valence-electron chi connectivity index (χ0n) is 15.7. The smallest absolute Gasteiger partial charge is 0.232 e. The average molecular weight is 395 g/mol. The van der Waals surface area contributed by atoms with Gasteiger partial charge in [-0.05, 0) is 49.8 Å². The number of hydrogen-bond donors (Lipinski definition) is 1. The van der Waals surface area contributed by atoms with E-state index in [2.05, 4.69) is 16.2 Å². The first kappa shape index (κ1) is 17.6. The first-order valence-electron chi connectivity index (χ1n) is 9.60. The molecule has 1 aliphatic heterocycles. The number of amides is 1. The standard InChI is InChI=1S/C21H22N4O2S/c1-13-5-7-14(8-6-13)25-17(26)12-15(18(25)16-4-2-11-28-16)19-23-20(24-27-19)21(22)9-3-10-21/h2,4-8,11,15,18H,3,9-10,12,22H2,1H3. The maximum atomic E-state index is 13.0. The number of rotatable bonds is 4. The summed E-state index contributed by atoms with van der Waals surface area (Å²) in [6.07, 6.45) is 3.18. The molecule has 2 aromatic heterocycles. The van der Waals surface area contributed by atoms with E-state index in [0.717, 1.165) is 35.4 Å². The number of nitrogens with zero attached hydrogens (tertiary/aromatic N) is 3. The summed E-state index contributed by atoms with van der Waals surface area (Å²) in [5.41, 5.74) is 7.95. The average Bonchev–Trinajstić information content (AvgIpc) is 3.39. The highest BCUT2D eigenvalue weighted by molar-refractivity contribution is 7.10. The summed E-state index contributed by atoms with van der Waals surface area (Å²) in [7, 11) is 0. The van der Waals surface area contributed by atoms with Crippen molar-refractivity contribution >= 4 is 22.9 Å². The van der Waals surface area contributed by atoms with E-state index in [1.165, 1.54) is 0 Å². The summed E-state index contributed by atoms with van der Waals surface area (Å²) in [4.78, 5) is 20.7. The first-order valence-corrected chi connectivity index (χ1v) is 10.5. The molecule has 1 saturated heterocycles. The maximum Gasteiger partial charge on any atom is 0.232 e. The molecule has 3 heterocycles. The van der Waals surface area contributed by atoms with Gasteiger partial charge in [-0.1, -0.05) is 28.9 Å². The fourth-order valence-corrected chi connectivity index (χ4v) is 5.00. The van der Waals surface area contributed by atoms with E-state index in [4.69, 9.17) is 10.3 Å². The van der Waals surface area contributed by atoms with E-state index in [-0.39, 0.29) is 17.9 Å². The van der Waals surface area contributed by atoms with E-state index in [0.29, 0.717) is 18.1 Å². The van der Waals surface area contributed by atoms with Crippen molar-refractivity contribution in [2.24, 2.45) is 5.73 Å². The molecule has 7 heteroatoms. The SMILES string of the molecule is Cc1ccc(N2C(=O)CC(c3nc(C4(N)CCC4)no3)C2c2cccs2)cc1. The lowest BCUT2D eigenvalue weighted by molar-refractivity contribution is -0.117. The molecule has 1 saturated carbocycles. The quantitative estimate of drug-likeness (QED) is 0.722. The van der Waals surface area contributed by atoms with E-state index in [1.807, 2.05) is 47.5 Å². The van der Waals surface area contributed by atoms with Gasteiger partial charge in [0.1, 0.15) is 0 Å². The van der Waals surface area contributed by atoms with Gasteiger partial charge in [-0.15, -0.1) is 11.3 Å². The number of carbonyl (C=O) groups excluding carboxylic acids is 1. The Kier molecular flexibility index (Phi) is 4.10. The Bertz CT molecular complexity index is 992. The van der Waals surface area contributed by atoms with Crippen LogP contribution in [0.3, 0.4) is 0 Å². The molecule has 5 rings (SSSR count). The molecule has 28 heavy (non-hydrogen) atoms. The number of anilines is 1. The minimum Gasteiger partial charge on any atom is -0.339 e. The second-order valence-electron chi connectivity index (χ2n) is 7.84. The Morgan fingerprint density at radius 2 is 2.04 bits per heavy atom. The number of carbonyl (C=O) groups is 1. The topological polar surface area (TPSA) is 85.2 Å². The summed E-state index contributed by atoms with van der Waals surface area (Å²) in [6.45, 7) is 2.04. The van der Waals surface area contributed by atoms with Crippen LogP contribution in [0.2, 0.25) is 0 Å². The predicted molar refractivity (Wildman–Crippen MR) is 107 cm³/mol. The summed E-state index contributed by atoms with van der Waals surface area (Å²) in [5.74, 6) is 0.962. The van der Waals surface area contributed by atoms with Crippen molar-refractivity contribution in [1.29, 1.82) is 0 Å². The van der Waals surface area contributed by atoms with E-state index in [9.17, 15) is 4.79 Å². The molecule has 1 aliphatic carbocycles. The Morgan fingerprint density at radius 3 is 2.68 bits per heavy atom. The molecule has 3 aromatic rings. The van der Waals surface area contributed by atoms with Gasteiger partial charge in [0.15, 0.2) is 5.82 Å². The molecule has 1 aromatic carbocycles. The summed E-state index contributed by atoms with van der Waals surface area (Å²) in [5, 5.41) is 6.20. The van der Waals surface area contributed by atoms with Crippen molar-refractivity contribution in [3.05, 3.63) is 63.9 Å². The molecule has 144 valence electrons. The highest BCUT2D eigenvalue weighted by Crippen LogP contribution is 2.48. The van der Waals surface area contributed by atoms with Crippen LogP contribution in [-0.2, 0) is 10.3 Å². The van der Waals surface area contributed by atoms with E-state index in [1.54, 1.807) is 11.3 Å². The molecule has 2 unspecified atom stereocenters. The Hall–Kier alpha value is -2.51. The molecule has 0 bridgehead atoms. The Balaban J connectivity index is 1.54.